The summed E-state index contributed by atoms with van der Waals surface area (Å²) in [7, 11) is 0. The molecule has 0 rings (SSSR count). The van der Waals surface area contributed by atoms with E-state index in [2.05, 4.69) is 62.5 Å². The quantitative estimate of drug-likeness (QED) is 0.0547. The second-order valence-electron chi connectivity index (χ2n) is 10.9. The summed E-state index contributed by atoms with van der Waals surface area (Å²) in [5.74, 6) is -0.662. The van der Waals surface area contributed by atoms with Crippen LogP contribution in [0.15, 0.2) is 48.6 Å². The zero-order valence-electron chi connectivity index (χ0n) is 26.5. The normalized spacial score (nSPS) is 12.8. The highest BCUT2D eigenvalue weighted by atomic mass is 16.6. The number of esters is 2. The molecule has 0 bridgehead atoms. The molecule has 5 heteroatoms. The lowest BCUT2D eigenvalue weighted by molar-refractivity contribution is -0.161. The van der Waals surface area contributed by atoms with Crippen molar-refractivity contribution in [3.8, 4) is 0 Å². The van der Waals surface area contributed by atoms with Crippen molar-refractivity contribution in [3.05, 3.63) is 48.6 Å². The van der Waals surface area contributed by atoms with Gasteiger partial charge in [-0.2, -0.15) is 0 Å². The number of hydrogen-bond acceptors (Lipinski definition) is 5. The predicted octanol–water partition coefficient (Wildman–Crippen LogP) is 9.89. The minimum Gasteiger partial charge on any atom is -0.462 e. The monoisotopic (exact) mass is 574 g/mol. The zero-order chi connectivity index (χ0) is 30.1. The van der Waals surface area contributed by atoms with Crippen LogP contribution in [0.25, 0.3) is 0 Å². The van der Waals surface area contributed by atoms with Crippen molar-refractivity contribution in [3.63, 3.8) is 0 Å². The molecule has 0 aliphatic heterocycles. The van der Waals surface area contributed by atoms with Crippen LogP contribution in [0.5, 0.6) is 0 Å². The maximum absolute atomic E-state index is 12.1. The Morgan fingerprint density at radius 3 is 1.54 bits per heavy atom. The fraction of sp³-hybridized carbons (Fsp3) is 0.722. The van der Waals surface area contributed by atoms with Crippen LogP contribution in [0.4, 0.5) is 0 Å². The number of carbonyl (C=O) groups is 2. The molecule has 0 unspecified atom stereocenters. The Morgan fingerprint density at radius 2 is 1.00 bits per heavy atom. The van der Waals surface area contributed by atoms with Gasteiger partial charge in [0.25, 0.3) is 0 Å². The molecule has 1 atom stereocenters. The Labute approximate surface area is 252 Å². The molecule has 41 heavy (non-hydrogen) atoms. The lowest BCUT2D eigenvalue weighted by atomic mass is 10.1. The summed E-state index contributed by atoms with van der Waals surface area (Å²) in [5.41, 5.74) is 0. The first kappa shape index (κ1) is 38.9. The van der Waals surface area contributed by atoms with E-state index in [1.807, 2.05) is 0 Å². The summed E-state index contributed by atoms with van der Waals surface area (Å²) < 4.78 is 10.5. The molecule has 0 fully saturated rings. The second kappa shape index (κ2) is 32.4. The highest BCUT2D eigenvalue weighted by Gasteiger charge is 2.15. The number of aliphatic hydroxyl groups is 1. The Balaban J connectivity index is 3.72. The second-order valence-corrected chi connectivity index (χ2v) is 10.9. The van der Waals surface area contributed by atoms with Crippen molar-refractivity contribution in [2.45, 2.75) is 155 Å². The van der Waals surface area contributed by atoms with Gasteiger partial charge in [0.05, 0.1) is 6.61 Å². The van der Waals surface area contributed by atoms with Gasteiger partial charge in [0.15, 0.2) is 6.10 Å². The standard InChI is InChI=1S/C36H62O5/c1-3-5-7-9-11-13-15-16-17-18-19-20-21-23-25-27-29-31-36(39)41-34(32-37)33-40-35(38)30-28-26-24-22-14-12-10-8-6-4-2/h11,13,16-17,19-20,23,25,34,37H,3-10,12,14-15,18,21-22,24,26-33H2,1-2H3/b13-11+,17-16+,20-19+,25-23+/t34-/m0/s1. The van der Waals surface area contributed by atoms with Crippen LogP contribution in [-0.4, -0.2) is 36.4 Å². The van der Waals surface area contributed by atoms with Gasteiger partial charge in [-0.15, -0.1) is 0 Å². The molecule has 0 spiro atoms. The van der Waals surface area contributed by atoms with Gasteiger partial charge in [-0.05, 0) is 51.4 Å². The molecule has 0 aliphatic carbocycles. The van der Waals surface area contributed by atoms with Crippen molar-refractivity contribution < 1.29 is 24.2 Å². The molecular weight excluding hydrogens is 512 g/mol. The van der Waals surface area contributed by atoms with E-state index in [-0.39, 0.29) is 31.6 Å². The molecule has 5 nitrogen and oxygen atoms in total. The first-order chi connectivity index (χ1) is 20.1. The number of carbonyl (C=O) groups excluding carboxylic acids is 2. The minimum absolute atomic E-state index is 0.0873. The van der Waals surface area contributed by atoms with E-state index in [1.165, 1.54) is 70.6 Å². The third kappa shape index (κ3) is 30.6. The van der Waals surface area contributed by atoms with Gasteiger partial charge in [-0.3, -0.25) is 9.59 Å². The summed E-state index contributed by atoms with van der Waals surface area (Å²) in [6, 6.07) is 0. The van der Waals surface area contributed by atoms with Crippen molar-refractivity contribution in [1.82, 2.24) is 0 Å². The fourth-order valence-corrected chi connectivity index (χ4v) is 4.31. The molecule has 0 saturated heterocycles. The summed E-state index contributed by atoms with van der Waals surface area (Å²) in [6.07, 6.45) is 38.8. The maximum Gasteiger partial charge on any atom is 0.306 e. The first-order valence-electron chi connectivity index (χ1n) is 16.7. The molecule has 0 saturated carbocycles. The minimum atomic E-state index is -0.796. The van der Waals surface area contributed by atoms with Crippen LogP contribution in [0.3, 0.4) is 0 Å². The molecule has 0 amide bonds. The number of aliphatic hydroxyl groups excluding tert-OH is 1. The fourth-order valence-electron chi connectivity index (χ4n) is 4.31. The van der Waals surface area contributed by atoms with Gasteiger partial charge < -0.3 is 14.6 Å². The Hall–Kier alpha value is -2.14. The average Bonchev–Trinajstić information content (AvgIpc) is 2.97. The molecule has 0 aromatic heterocycles. The van der Waals surface area contributed by atoms with Crippen molar-refractivity contribution in [2.24, 2.45) is 0 Å². The maximum atomic E-state index is 12.1. The van der Waals surface area contributed by atoms with Crippen LogP contribution in [-0.2, 0) is 19.1 Å². The summed E-state index contributed by atoms with van der Waals surface area (Å²) in [4.78, 5) is 24.0. The Kier molecular flexibility index (Phi) is 30.7. The van der Waals surface area contributed by atoms with E-state index in [0.717, 1.165) is 44.9 Å². The summed E-state index contributed by atoms with van der Waals surface area (Å²) >= 11 is 0. The Bertz CT molecular complexity index is 707. The van der Waals surface area contributed by atoms with Crippen LogP contribution in [0.1, 0.15) is 149 Å². The van der Waals surface area contributed by atoms with Crippen LogP contribution in [0, 0.1) is 0 Å². The van der Waals surface area contributed by atoms with E-state index in [0.29, 0.717) is 12.8 Å². The molecule has 1 N–H and O–H groups in total. The van der Waals surface area contributed by atoms with Gasteiger partial charge in [0.2, 0.25) is 0 Å². The molecule has 0 aliphatic rings. The number of allylic oxidation sites excluding steroid dienone is 8. The van der Waals surface area contributed by atoms with Crippen LogP contribution in [0.2, 0.25) is 0 Å². The number of rotatable bonds is 29. The molecular formula is C36H62O5. The van der Waals surface area contributed by atoms with Crippen LogP contribution >= 0.6 is 0 Å². The smallest absolute Gasteiger partial charge is 0.306 e. The Morgan fingerprint density at radius 1 is 0.561 bits per heavy atom. The summed E-state index contributed by atoms with van der Waals surface area (Å²) in [6.45, 7) is 4.02. The molecule has 236 valence electrons. The third-order valence-electron chi connectivity index (χ3n) is 6.88. The van der Waals surface area contributed by atoms with Crippen molar-refractivity contribution in [1.29, 1.82) is 0 Å². The topological polar surface area (TPSA) is 72.8 Å². The molecule has 0 radical (unpaired) electrons. The van der Waals surface area contributed by atoms with E-state index < -0.39 is 6.10 Å². The predicted molar refractivity (Wildman–Crippen MR) is 173 cm³/mol. The van der Waals surface area contributed by atoms with Crippen molar-refractivity contribution in [2.75, 3.05) is 13.2 Å². The van der Waals surface area contributed by atoms with E-state index in [1.54, 1.807) is 0 Å². The van der Waals surface area contributed by atoms with Gasteiger partial charge in [0.1, 0.15) is 6.61 Å². The number of hydrogen-bond donors (Lipinski definition) is 1. The SMILES string of the molecule is CCCCC/C=C/C/C=C/C/C=C/C/C=C/CCCC(=O)O[C@@H](CO)COC(=O)CCCCCCCCCCCC. The molecule has 0 aromatic rings. The molecule has 0 aromatic carbocycles. The zero-order valence-corrected chi connectivity index (χ0v) is 26.5. The lowest BCUT2D eigenvalue weighted by Crippen LogP contribution is -2.28. The molecule has 0 heterocycles. The summed E-state index contributed by atoms with van der Waals surface area (Å²) in [5, 5.41) is 9.48. The highest BCUT2D eigenvalue weighted by Crippen LogP contribution is 2.12. The first-order valence-corrected chi connectivity index (χ1v) is 16.7. The van der Waals surface area contributed by atoms with E-state index in [4.69, 9.17) is 9.47 Å². The van der Waals surface area contributed by atoms with E-state index >= 15 is 0 Å². The average molecular weight is 575 g/mol. The van der Waals surface area contributed by atoms with Crippen molar-refractivity contribution >= 4 is 11.9 Å². The third-order valence-corrected chi connectivity index (χ3v) is 6.88. The van der Waals surface area contributed by atoms with Crippen LogP contribution < -0.4 is 0 Å². The number of unbranched alkanes of at least 4 members (excludes halogenated alkanes) is 13. The largest absolute Gasteiger partial charge is 0.462 e. The number of ether oxygens (including phenoxy) is 2. The van der Waals surface area contributed by atoms with Gasteiger partial charge >= 0.3 is 11.9 Å². The van der Waals surface area contributed by atoms with E-state index in [9.17, 15) is 14.7 Å². The highest BCUT2D eigenvalue weighted by molar-refractivity contribution is 5.70. The van der Waals surface area contributed by atoms with Gasteiger partial charge in [0, 0.05) is 12.8 Å². The lowest BCUT2D eigenvalue weighted by Gasteiger charge is -2.15. The van der Waals surface area contributed by atoms with Gasteiger partial charge in [-0.25, -0.2) is 0 Å². The van der Waals surface area contributed by atoms with Gasteiger partial charge in [-0.1, -0.05) is 133 Å².